The minimum Gasteiger partial charge on any atom is -0.507 e. The summed E-state index contributed by atoms with van der Waals surface area (Å²) in [6.45, 7) is 2.19. The maximum atomic E-state index is 12.9. The molecule has 3 aromatic rings. The molecule has 0 radical (unpaired) electrons. The Kier molecular flexibility index (Phi) is 4.79. The largest absolute Gasteiger partial charge is 0.507 e. The highest BCUT2D eigenvalue weighted by Gasteiger charge is 2.46. The minimum atomic E-state index is -0.666. The summed E-state index contributed by atoms with van der Waals surface area (Å²) in [4.78, 5) is 32.1. The number of aryl methyl sites for hydroxylation is 1. The third-order valence-corrected chi connectivity index (χ3v) is 5.68. The van der Waals surface area contributed by atoms with Crippen LogP contribution in [0.2, 0.25) is 0 Å². The fourth-order valence-electron chi connectivity index (χ4n) is 3.34. The van der Waals surface area contributed by atoms with Crippen molar-refractivity contribution in [2.75, 3.05) is 0 Å². The summed E-state index contributed by atoms with van der Waals surface area (Å²) in [6, 6.07) is 14.0. The number of aliphatic hydroxyl groups excluding tert-OH is 1. The number of carbonyl (C=O) groups is 2. The van der Waals surface area contributed by atoms with Crippen molar-refractivity contribution >= 4 is 28.8 Å². The molecule has 1 aromatic carbocycles. The topological polar surface area (TPSA) is 70.5 Å². The molecule has 6 heteroatoms. The van der Waals surface area contributed by atoms with E-state index in [1.165, 1.54) is 16.2 Å². The van der Waals surface area contributed by atoms with Crippen LogP contribution in [0.4, 0.5) is 0 Å². The van der Waals surface area contributed by atoms with Crippen LogP contribution in [0.1, 0.15) is 27.6 Å². The lowest BCUT2D eigenvalue weighted by atomic mass is 9.99. The number of rotatable bonds is 4. The van der Waals surface area contributed by atoms with Crippen LogP contribution in [0.3, 0.4) is 0 Å². The molecule has 2 aromatic heterocycles. The van der Waals surface area contributed by atoms with Crippen molar-refractivity contribution in [1.82, 2.24) is 9.88 Å². The van der Waals surface area contributed by atoms with E-state index in [9.17, 15) is 14.7 Å². The average Bonchev–Trinajstić information content (AvgIpc) is 3.32. The van der Waals surface area contributed by atoms with Gasteiger partial charge in [-0.1, -0.05) is 42.0 Å². The number of aromatic nitrogens is 1. The number of benzene rings is 1. The van der Waals surface area contributed by atoms with E-state index in [4.69, 9.17) is 0 Å². The van der Waals surface area contributed by atoms with E-state index in [0.717, 1.165) is 16.0 Å². The van der Waals surface area contributed by atoms with Crippen molar-refractivity contribution in [3.05, 3.63) is 93.4 Å². The zero-order chi connectivity index (χ0) is 19.7. The molecule has 1 aliphatic rings. The van der Waals surface area contributed by atoms with Crippen LogP contribution in [-0.2, 0) is 16.1 Å². The van der Waals surface area contributed by atoms with E-state index >= 15 is 0 Å². The number of hydrogen-bond acceptors (Lipinski definition) is 5. The smallest absolute Gasteiger partial charge is 0.295 e. The first kappa shape index (κ1) is 18.1. The summed E-state index contributed by atoms with van der Waals surface area (Å²) in [5.41, 5.74) is 2.51. The molecule has 140 valence electrons. The maximum Gasteiger partial charge on any atom is 0.295 e. The first-order chi connectivity index (χ1) is 13.6. The first-order valence-corrected chi connectivity index (χ1v) is 9.72. The van der Waals surface area contributed by atoms with Crippen LogP contribution in [0.5, 0.6) is 0 Å². The van der Waals surface area contributed by atoms with Gasteiger partial charge < -0.3 is 10.0 Å². The summed E-state index contributed by atoms with van der Waals surface area (Å²) < 4.78 is 0. The van der Waals surface area contributed by atoms with Gasteiger partial charge in [-0.25, -0.2) is 0 Å². The predicted octanol–water partition coefficient (Wildman–Crippen LogP) is 4.07. The molecule has 1 fully saturated rings. The molecule has 0 aliphatic carbocycles. The van der Waals surface area contributed by atoms with Gasteiger partial charge in [0.05, 0.1) is 11.6 Å². The van der Waals surface area contributed by atoms with Gasteiger partial charge in [-0.05, 0) is 30.0 Å². The van der Waals surface area contributed by atoms with Crippen molar-refractivity contribution < 1.29 is 14.7 Å². The van der Waals surface area contributed by atoms with E-state index < -0.39 is 17.7 Å². The number of thiophene rings is 1. The number of carbonyl (C=O) groups excluding carboxylic acids is 2. The second-order valence-corrected chi connectivity index (χ2v) is 7.65. The summed E-state index contributed by atoms with van der Waals surface area (Å²) in [6.07, 6.45) is 3.33. The standard InChI is InChI=1S/C22H18N2O3S/c1-14-6-8-16(9-7-14)20(25)18-19(17-5-3-11-28-17)24(22(27)21(18)26)13-15-4-2-10-23-12-15/h2-12,19,25H,13H2,1H3/b20-18-. The molecule has 3 heterocycles. The molecule has 1 amide bonds. The number of pyridine rings is 1. The molecule has 1 N–H and O–H groups in total. The fraction of sp³-hybridized carbons (Fsp3) is 0.136. The lowest BCUT2D eigenvalue weighted by molar-refractivity contribution is -0.140. The molecule has 5 nitrogen and oxygen atoms in total. The van der Waals surface area contributed by atoms with E-state index in [1.54, 1.807) is 30.6 Å². The lowest BCUT2D eigenvalue weighted by Gasteiger charge is -2.24. The summed E-state index contributed by atoms with van der Waals surface area (Å²) in [5.74, 6) is -1.43. The van der Waals surface area contributed by atoms with Crippen LogP contribution in [0.15, 0.2) is 71.9 Å². The average molecular weight is 390 g/mol. The van der Waals surface area contributed by atoms with E-state index in [1.807, 2.05) is 42.6 Å². The number of likely N-dealkylation sites (tertiary alicyclic amines) is 1. The molecule has 4 rings (SSSR count). The molecular weight excluding hydrogens is 372 g/mol. The quantitative estimate of drug-likeness (QED) is 0.414. The monoisotopic (exact) mass is 390 g/mol. The SMILES string of the molecule is Cc1ccc(/C(O)=C2/C(=O)C(=O)N(Cc3cccnc3)C2c2cccs2)cc1. The van der Waals surface area contributed by atoms with Crippen molar-refractivity contribution in [3.63, 3.8) is 0 Å². The fourth-order valence-corrected chi connectivity index (χ4v) is 4.19. The van der Waals surface area contributed by atoms with Crippen LogP contribution in [0, 0.1) is 6.92 Å². The predicted molar refractivity (Wildman–Crippen MR) is 108 cm³/mol. The lowest BCUT2D eigenvalue weighted by Crippen LogP contribution is -2.28. The number of ketones is 1. The zero-order valence-electron chi connectivity index (χ0n) is 15.2. The number of hydrogen-bond donors (Lipinski definition) is 1. The molecule has 1 saturated heterocycles. The Morgan fingerprint density at radius 1 is 1.14 bits per heavy atom. The third kappa shape index (κ3) is 3.23. The van der Waals surface area contributed by atoms with Crippen LogP contribution in [-0.4, -0.2) is 26.7 Å². The number of aliphatic hydroxyl groups is 1. The second kappa shape index (κ2) is 7.40. The Labute approximate surface area is 166 Å². The Hall–Kier alpha value is -3.25. The molecular formula is C22H18N2O3S. The van der Waals surface area contributed by atoms with Gasteiger partial charge >= 0.3 is 0 Å². The van der Waals surface area contributed by atoms with Gasteiger partial charge in [0.25, 0.3) is 11.7 Å². The van der Waals surface area contributed by atoms with Crippen molar-refractivity contribution in [1.29, 1.82) is 0 Å². The first-order valence-electron chi connectivity index (χ1n) is 8.84. The highest BCUT2D eigenvalue weighted by molar-refractivity contribution is 7.10. The zero-order valence-corrected chi connectivity index (χ0v) is 16.0. The van der Waals surface area contributed by atoms with Gasteiger partial charge in [0.1, 0.15) is 5.76 Å². The molecule has 1 atom stereocenters. The Bertz CT molecular complexity index is 1040. The highest BCUT2D eigenvalue weighted by Crippen LogP contribution is 2.41. The third-order valence-electron chi connectivity index (χ3n) is 4.75. The van der Waals surface area contributed by atoms with Crippen LogP contribution >= 0.6 is 11.3 Å². The molecule has 0 spiro atoms. The summed E-state index contributed by atoms with van der Waals surface area (Å²) >= 11 is 1.45. The Morgan fingerprint density at radius 3 is 2.57 bits per heavy atom. The highest BCUT2D eigenvalue weighted by atomic mass is 32.1. The van der Waals surface area contributed by atoms with Crippen molar-refractivity contribution in [2.24, 2.45) is 0 Å². The second-order valence-electron chi connectivity index (χ2n) is 6.67. The Balaban J connectivity index is 1.83. The van der Waals surface area contributed by atoms with Gasteiger partial charge in [0, 0.05) is 29.4 Å². The number of nitrogens with zero attached hydrogens (tertiary/aromatic N) is 2. The van der Waals surface area contributed by atoms with E-state index in [2.05, 4.69) is 4.98 Å². The summed E-state index contributed by atoms with van der Waals surface area (Å²) in [5, 5.41) is 12.8. The van der Waals surface area contributed by atoms with Gasteiger partial charge in [-0.15, -0.1) is 11.3 Å². The van der Waals surface area contributed by atoms with E-state index in [0.29, 0.717) is 5.56 Å². The molecule has 1 unspecified atom stereocenters. The van der Waals surface area contributed by atoms with E-state index in [-0.39, 0.29) is 17.9 Å². The van der Waals surface area contributed by atoms with Gasteiger partial charge in [0.2, 0.25) is 0 Å². The number of Topliss-reactive ketones (excluding diaryl/α,β-unsaturated/α-hetero) is 1. The normalized spacial score (nSPS) is 18.6. The van der Waals surface area contributed by atoms with Crippen LogP contribution < -0.4 is 0 Å². The van der Waals surface area contributed by atoms with Gasteiger partial charge in [-0.3, -0.25) is 14.6 Å². The van der Waals surface area contributed by atoms with Gasteiger partial charge in [-0.2, -0.15) is 0 Å². The van der Waals surface area contributed by atoms with Gasteiger partial charge in [0.15, 0.2) is 0 Å². The maximum absolute atomic E-state index is 12.9. The molecule has 28 heavy (non-hydrogen) atoms. The van der Waals surface area contributed by atoms with Crippen molar-refractivity contribution in [2.45, 2.75) is 19.5 Å². The minimum absolute atomic E-state index is 0.125. The number of amides is 1. The van der Waals surface area contributed by atoms with Crippen molar-refractivity contribution in [3.8, 4) is 0 Å². The molecule has 0 bridgehead atoms. The summed E-state index contributed by atoms with van der Waals surface area (Å²) in [7, 11) is 0. The van der Waals surface area contributed by atoms with Crippen LogP contribution in [0.25, 0.3) is 5.76 Å². The molecule has 1 aliphatic heterocycles. The molecule has 0 saturated carbocycles. The Morgan fingerprint density at radius 2 is 1.93 bits per heavy atom.